The molecule has 6 nitrogen and oxygen atoms in total. The van der Waals surface area contributed by atoms with Gasteiger partial charge < -0.3 is 20.0 Å². The number of nitrogens with zero attached hydrogens (tertiary/aromatic N) is 2. The van der Waals surface area contributed by atoms with Gasteiger partial charge in [0.2, 0.25) is 0 Å². The average Bonchev–Trinajstić information content (AvgIpc) is 3.57. The summed E-state index contributed by atoms with van der Waals surface area (Å²) in [4.78, 5) is 28.6. The zero-order chi connectivity index (χ0) is 21.6. The zero-order valence-corrected chi connectivity index (χ0v) is 17.1. The largest absolute Gasteiger partial charge is 0.507 e. The number of piperazine rings is 1. The summed E-state index contributed by atoms with van der Waals surface area (Å²) in [7, 11) is 0. The third-order valence-electron chi connectivity index (χ3n) is 6.28. The standard InChI is InChI=1S/C25H24N2O4/c28-22-16-20(15-19-3-1-2-4-21(19)22)17-5-7-18(8-6-17)23(29)26-11-13-27(14-12-26)24(30)25(31)9-10-25/h1-8,15-16,28,31H,9-14H2. The lowest BCUT2D eigenvalue weighted by Crippen LogP contribution is -2.53. The molecule has 2 amide bonds. The molecule has 3 aromatic rings. The Morgan fingerprint density at radius 2 is 1.45 bits per heavy atom. The Kier molecular flexibility index (Phi) is 4.67. The van der Waals surface area contributed by atoms with E-state index in [-0.39, 0.29) is 17.6 Å². The molecule has 5 rings (SSSR count). The maximum Gasteiger partial charge on any atom is 0.254 e. The summed E-state index contributed by atoms with van der Waals surface area (Å²) in [6.45, 7) is 1.81. The van der Waals surface area contributed by atoms with Gasteiger partial charge in [0.1, 0.15) is 11.4 Å². The minimum absolute atomic E-state index is 0.0647. The fraction of sp³-hybridized carbons (Fsp3) is 0.280. The number of rotatable bonds is 3. The first-order chi connectivity index (χ1) is 14.9. The van der Waals surface area contributed by atoms with Gasteiger partial charge >= 0.3 is 0 Å². The summed E-state index contributed by atoms with van der Waals surface area (Å²) in [5, 5.41) is 22.1. The molecule has 31 heavy (non-hydrogen) atoms. The number of benzene rings is 3. The van der Waals surface area contributed by atoms with Crippen molar-refractivity contribution >= 4 is 22.6 Å². The van der Waals surface area contributed by atoms with Gasteiger partial charge in [0.25, 0.3) is 11.8 Å². The van der Waals surface area contributed by atoms with E-state index in [1.165, 1.54) is 0 Å². The van der Waals surface area contributed by atoms with Gasteiger partial charge in [0, 0.05) is 37.1 Å². The molecule has 0 spiro atoms. The quantitative estimate of drug-likeness (QED) is 0.688. The molecule has 2 N–H and O–H groups in total. The van der Waals surface area contributed by atoms with Crippen LogP contribution in [0.3, 0.4) is 0 Å². The van der Waals surface area contributed by atoms with Gasteiger partial charge in [-0.05, 0) is 53.6 Å². The highest BCUT2D eigenvalue weighted by Crippen LogP contribution is 2.37. The minimum Gasteiger partial charge on any atom is -0.507 e. The predicted octanol–water partition coefficient (Wildman–Crippen LogP) is 3.02. The molecule has 1 saturated carbocycles. The van der Waals surface area contributed by atoms with E-state index in [0.29, 0.717) is 44.6 Å². The average molecular weight is 416 g/mol. The summed E-state index contributed by atoms with van der Waals surface area (Å²) in [6.07, 6.45) is 1.07. The molecule has 2 aliphatic rings. The first-order valence-electron chi connectivity index (χ1n) is 10.6. The number of hydrogen-bond donors (Lipinski definition) is 2. The molecule has 0 atom stereocenters. The fourth-order valence-corrected chi connectivity index (χ4v) is 4.18. The van der Waals surface area contributed by atoms with Gasteiger partial charge in [-0.25, -0.2) is 0 Å². The lowest BCUT2D eigenvalue weighted by molar-refractivity contribution is -0.143. The van der Waals surface area contributed by atoms with Crippen molar-refractivity contribution in [3.8, 4) is 16.9 Å². The number of phenols is 1. The highest BCUT2D eigenvalue weighted by atomic mass is 16.3. The van der Waals surface area contributed by atoms with E-state index in [0.717, 1.165) is 21.9 Å². The lowest BCUT2D eigenvalue weighted by Gasteiger charge is -2.35. The second kappa shape index (κ2) is 7.39. The smallest absolute Gasteiger partial charge is 0.254 e. The van der Waals surface area contributed by atoms with Crippen LogP contribution >= 0.6 is 0 Å². The molecule has 1 aliphatic heterocycles. The summed E-state index contributed by atoms with van der Waals surface area (Å²) < 4.78 is 0. The topological polar surface area (TPSA) is 81.1 Å². The number of carbonyl (C=O) groups is 2. The molecule has 6 heteroatoms. The molecule has 158 valence electrons. The van der Waals surface area contributed by atoms with Crippen LogP contribution < -0.4 is 0 Å². The second-order valence-corrected chi connectivity index (χ2v) is 8.41. The molecule has 0 unspecified atom stereocenters. The Morgan fingerprint density at radius 1 is 0.806 bits per heavy atom. The van der Waals surface area contributed by atoms with Crippen molar-refractivity contribution in [2.75, 3.05) is 26.2 Å². The first-order valence-corrected chi connectivity index (χ1v) is 10.6. The van der Waals surface area contributed by atoms with Crippen LogP contribution in [0, 0.1) is 0 Å². The van der Waals surface area contributed by atoms with E-state index in [1.54, 1.807) is 28.0 Å². The van der Waals surface area contributed by atoms with Crippen molar-refractivity contribution in [2.24, 2.45) is 0 Å². The molecule has 0 aromatic heterocycles. The molecule has 3 aromatic carbocycles. The van der Waals surface area contributed by atoms with Crippen molar-refractivity contribution in [2.45, 2.75) is 18.4 Å². The maximum absolute atomic E-state index is 12.9. The lowest BCUT2D eigenvalue weighted by atomic mass is 9.99. The Balaban J connectivity index is 1.28. The molecule has 1 saturated heterocycles. The van der Waals surface area contributed by atoms with Crippen LogP contribution in [0.5, 0.6) is 5.75 Å². The number of phenolic OH excluding ortho intramolecular Hbond substituents is 1. The number of carbonyl (C=O) groups excluding carboxylic acids is 2. The molecular formula is C25H24N2O4. The Labute approximate surface area is 180 Å². The number of aliphatic hydroxyl groups is 1. The second-order valence-electron chi connectivity index (χ2n) is 8.41. The van der Waals surface area contributed by atoms with E-state index >= 15 is 0 Å². The SMILES string of the molecule is O=C(c1ccc(-c2cc(O)c3ccccc3c2)cc1)N1CCN(C(=O)C2(O)CC2)CC1. The summed E-state index contributed by atoms with van der Waals surface area (Å²) in [6, 6.07) is 18.8. The highest BCUT2D eigenvalue weighted by molar-refractivity contribution is 5.96. The molecule has 1 heterocycles. The van der Waals surface area contributed by atoms with Crippen LogP contribution in [-0.2, 0) is 4.79 Å². The fourth-order valence-electron chi connectivity index (χ4n) is 4.18. The number of amides is 2. The number of aromatic hydroxyl groups is 1. The van der Waals surface area contributed by atoms with Gasteiger partial charge in [-0.3, -0.25) is 9.59 Å². The summed E-state index contributed by atoms with van der Waals surface area (Å²) in [5.41, 5.74) is 1.25. The van der Waals surface area contributed by atoms with Crippen molar-refractivity contribution in [1.29, 1.82) is 0 Å². The Bertz CT molecular complexity index is 1160. The third-order valence-corrected chi connectivity index (χ3v) is 6.28. The van der Waals surface area contributed by atoms with Crippen molar-refractivity contribution < 1.29 is 19.8 Å². The highest BCUT2D eigenvalue weighted by Gasteiger charge is 2.50. The Morgan fingerprint density at radius 3 is 2.13 bits per heavy atom. The van der Waals surface area contributed by atoms with Gasteiger partial charge in [0.15, 0.2) is 0 Å². The van der Waals surface area contributed by atoms with Crippen LogP contribution in [0.2, 0.25) is 0 Å². The maximum atomic E-state index is 12.9. The van der Waals surface area contributed by atoms with Crippen LogP contribution in [0.1, 0.15) is 23.2 Å². The normalized spacial score (nSPS) is 17.6. The molecule has 2 fully saturated rings. The zero-order valence-electron chi connectivity index (χ0n) is 17.1. The molecular weight excluding hydrogens is 392 g/mol. The van der Waals surface area contributed by atoms with Gasteiger partial charge in [-0.2, -0.15) is 0 Å². The van der Waals surface area contributed by atoms with Gasteiger partial charge in [0.05, 0.1) is 0 Å². The van der Waals surface area contributed by atoms with Crippen LogP contribution in [-0.4, -0.2) is 63.6 Å². The summed E-state index contributed by atoms with van der Waals surface area (Å²) >= 11 is 0. The minimum atomic E-state index is -1.15. The van der Waals surface area contributed by atoms with Crippen molar-refractivity contribution in [1.82, 2.24) is 9.80 Å². The van der Waals surface area contributed by atoms with E-state index in [9.17, 15) is 19.8 Å². The van der Waals surface area contributed by atoms with Crippen LogP contribution in [0.15, 0.2) is 60.7 Å². The van der Waals surface area contributed by atoms with E-state index < -0.39 is 5.60 Å². The van der Waals surface area contributed by atoms with Gasteiger partial charge in [-0.1, -0.05) is 36.4 Å². The van der Waals surface area contributed by atoms with E-state index in [2.05, 4.69) is 0 Å². The third kappa shape index (κ3) is 3.64. The summed E-state index contributed by atoms with van der Waals surface area (Å²) in [5.74, 6) is -0.0377. The molecule has 1 aliphatic carbocycles. The molecule has 0 bridgehead atoms. The monoisotopic (exact) mass is 416 g/mol. The predicted molar refractivity (Wildman–Crippen MR) is 118 cm³/mol. The van der Waals surface area contributed by atoms with Crippen molar-refractivity contribution in [3.05, 3.63) is 66.2 Å². The van der Waals surface area contributed by atoms with Crippen LogP contribution in [0.4, 0.5) is 0 Å². The van der Waals surface area contributed by atoms with Crippen molar-refractivity contribution in [3.63, 3.8) is 0 Å². The Hall–Kier alpha value is -3.38. The molecule has 0 radical (unpaired) electrons. The number of fused-ring (bicyclic) bond motifs is 1. The van der Waals surface area contributed by atoms with E-state index in [4.69, 9.17) is 0 Å². The first kappa shape index (κ1) is 19.6. The van der Waals surface area contributed by atoms with Gasteiger partial charge in [-0.15, -0.1) is 0 Å². The number of hydrogen-bond acceptors (Lipinski definition) is 4. The van der Waals surface area contributed by atoms with E-state index in [1.807, 2.05) is 42.5 Å². The van der Waals surface area contributed by atoms with Crippen LogP contribution in [0.25, 0.3) is 21.9 Å².